The normalized spacial score (nSPS) is 21.8. The lowest BCUT2D eigenvalue weighted by molar-refractivity contribution is -0.122. The second kappa shape index (κ2) is 7.24. The number of rotatable bonds is 6. The molecular formula is C11H19N2O4. The molecule has 1 aliphatic heterocycles. The molecule has 17 heavy (non-hydrogen) atoms. The Bertz CT molecular complexity index is 264. The maximum Gasteiger partial charge on any atom is 0.224 e. The third-order valence-corrected chi connectivity index (χ3v) is 2.53. The van der Waals surface area contributed by atoms with Gasteiger partial charge < -0.3 is 20.5 Å². The third kappa shape index (κ3) is 5.65. The van der Waals surface area contributed by atoms with Crippen molar-refractivity contribution in [1.29, 1.82) is 0 Å². The van der Waals surface area contributed by atoms with Crippen LogP contribution in [0.4, 0.5) is 0 Å². The van der Waals surface area contributed by atoms with Crippen LogP contribution in [0, 0.1) is 12.3 Å². The lowest BCUT2D eigenvalue weighted by atomic mass is 10.1. The predicted octanol–water partition coefficient (Wildman–Crippen LogP) is -0.766. The minimum absolute atomic E-state index is 0.0883. The Morgan fingerprint density at radius 3 is 2.88 bits per heavy atom. The molecule has 1 rings (SSSR count). The van der Waals surface area contributed by atoms with E-state index in [2.05, 4.69) is 5.32 Å². The summed E-state index contributed by atoms with van der Waals surface area (Å²) in [6.45, 7) is 3.76. The van der Waals surface area contributed by atoms with Gasteiger partial charge in [-0.15, -0.1) is 0 Å². The van der Waals surface area contributed by atoms with Gasteiger partial charge in [-0.05, 0) is 6.42 Å². The van der Waals surface area contributed by atoms with E-state index in [-0.39, 0.29) is 17.9 Å². The van der Waals surface area contributed by atoms with Crippen molar-refractivity contribution in [1.82, 2.24) is 5.32 Å². The average Bonchev–Trinajstić information content (AvgIpc) is 2.34. The van der Waals surface area contributed by atoms with E-state index in [0.717, 1.165) is 0 Å². The zero-order valence-corrected chi connectivity index (χ0v) is 9.98. The van der Waals surface area contributed by atoms with Crippen molar-refractivity contribution in [3.8, 4) is 0 Å². The first-order chi connectivity index (χ1) is 8.09. The highest BCUT2D eigenvalue weighted by atomic mass is 16.6. The number of nitrogens with two attached hydrogens (primary N) is 1. The standard InChI is InChI=1S/C11H19N2O4/c1-8(11(12)15)2-3-10(14)13-6-9-7-16-4-5-17-9/h3,8-9H,2,4-7H2,1H3,(H2,12,15)(H,13,14)/t8?,9-/m0/s1. The van der Waals surface area contributed by atoms with Gasteiger partial charge >= 0.3 is 0 Å². The van der Waals surface area contributed by atoms with Crippen LogP contribution in [0.5, 0.6) is 0 Å². The molecule has 1 fully saturated rings. The minimum Gasteiger partial charge on any atom is -0.376 e. The van der Waals surface area contributed by atoms with Gasteiger partial charge in [-0.1, -0.05) is 6.92 Å². The lowest BCUT2D eigenvalue weighted by Crippen LogP contribution is -2.40. The van der Waals surface area contributed by atoms with Crippen molar-refractivity contribution in [2.24, 2.45) is 11.7 Å². The number of ether oxygens (including phenoxy) is 2. The van der Waals surface area contributed by atoms with Crippen molar-refractivity contribution < 1.29 is 19.1 Å². The largest absolute Gasteiger partial charge is 0.376 e. The van der Waals surface area contributed by atoms with Crippen LogP contribution in [0.15, 0.2) is 0 Å². The van der Waals surface area contributed by atoms with Gasteiger partial charge in [0.05, 0.1) is 32.3 Å². The third-order valence-electron chi connectivity index (χ3n) is 2.53. The van der Waals surface area contributed by atoms with Gasteiger partial charge in [0, 0.05) is 12.5 Å². The smallest absolute Gasteiger partial charge is 0.224 e. The molecule has 0 bridgehead atoms. The van der Waals surface area contributed by atoms with Crippen LogP contribution in [-0.4, -0.2) is 44.3 Å². The van der Waals surface area contributed by atoms with Gasteiger partial charge in [0.2, 0.25) is 11.8 Å². The summed E-state index contributed by atoms with van der Waals surface area (Å²) in [5, 5.41) is 2.70. The van der Waals surface area contributed by atoms with Crippen LogP contribution in [0.25, 0.3) is 0 Å². The molecule has 0 aromatic heterocycles. The molecule has 2 amide bonds. The number of hydrogen-bond donors (Lipinski definition) is 2. The Morgan fingerprint density at radius 2 is 2.29 bits per heavy atom. The fourth-order valence-electron chi connectivity index (χ4n) is 1.34. The van der Waals surface area contributed by atoms with Gasteiger partial charge in [-0.2, -0.15) is 0 Å². The molecule has 1 unspecified atom stereocenters. The first-order valence-corrected chi connectivity index (χ1v) is 5.69. The summed E-state index contributed by atoms with van der Waals surface area (Å²) in [7, 11) is 0. The fraction of sp³-hybridized carbons (Fsp3) is 0.727. The van der Waals surface area contributed by atoms with Gasteiger partial charge in [0.15, 0.2) is 0 Å². The van der Waals surface area contributed by atoms with E-state index in [0.29, 0.717) is 32.8 Å². The summed E-state index contributed by atoms with van der Waals surface area (Å²) < 4.78 is 10.6. The Hall–Kier alpha value is -1.14. The molecule has 0 saturated carbocycles. The van der Waals surface area contributed by atoms with Crippen molar-refractivity contribution in [3.63, 3.8) is 0 Å². The molecule has 1 aliphatic rings. The van der Waals surface area contributed by atoms with Crippen molar-refractivity contribution in [2.45, 2.75) is 19.4 Å². The van der Waals surface area contributed by atoms with Gasteiger partial charge in [0.25, 0.3) is 0 Å². The molecule has 6 heteroatoms. The average molecular weight is 243 g/mol. The first-order valence-electron chi connectivity index (χ1n) is 5.69. The Balaban J connectivity index is 2.10. The summed E-state index contributed by atoms with van der Waals surface area (Å²) in [4.78, 5) is 22.1. The summed E-state index contributed by atoms with van der Waals surface area (Å²) in [5.41, 5.74) is 5.09. The topological polar surface area (TPSA) is 90.7 Å². The van der Waals surface area contributed by atoms with Crippen molar-refractivity contribution >= 4 is 11.8 Å². The summed E-state index contributed by atoms with van der Waals surface area (Å²) in [6.07, 6.45) is 1.69. The molecule has 0 aliphatic carbocycles. The number of nitrogens with one attached hydrogen (secondary N) is 1. The zero-order chi connectivity index (χ0) is 12.7. The quantitative estimate of drug-likeness (QED) is 0.641. The van der Waals surface area contributed by atoms with E-state index < -0.39 is 5.91 Å². The van der Waals surface area contributed by atoms with Crippen molar-refractivity contribution in [2.75, 3.05) is 26.4 Å². The molecule has 0 aromatic rings. The molecule has 2 atom stereocenters. The van der Waals surface area contributed by atoms with Crippen LogP contribution in [-0.2, 0) is 19.1 Å². The fourth-order valence-corrected chi connectivity index (χ4v) is 1.34. The Labute approximate surface area is 101 Å². The predicted molar refractivity (Wildman–Crippen MR) is 60.8 cm³/mol. The summed E-state index contributed by atoms with van der Waals surface area (Å²) in [5.74, 6) is -0.944. The molecule has 0 aromatic carbocycles. The van der Waals surface area contributed by atoms with E-state index in [9.17, 15) is 9.59 Å². The van der Waals surface area contributed by atoms with Gasteiger partial charge in [0.1, 0.15) is 0 Å². The molecule has 97 valence electrons. The Morgan fingerprint density at radius 1 is 1.53 bits per heavy atom. The molecule has 1 radical (unpaired) electrons. The maximum atomic E-state index is 11.4. The second-order valence-corrected chi connectivity index (χ2v) is 4.06. The summed E-state index contributed by atoms with van der Waals surface area (Å²) in [6, 6.07) is 0. The maximum absolute atomic E-state index is 11.4. The highest BCUT2D eigenvalue weighted by Gasteiger charge is 2.16. The van der Waals surface area contributed by atoms with Crippen LogP contribution in [0.1, 0.15) is 13.3 Å². The van der Waals surface area contributed by atoms with E-state index >= 15 is 0 Å². The minimum atomic E-state index is -0.405. The zero-order valence-electron chi connectivity index (χ0n) is 9.98. The monoisotopic (exact) mass is 243 g/mol. The highest BCUT2D eigenvalue weighted by Crippen LogP contribution is 2.03. The summed E-state index contributed by atoms with van der Waals surface area (Å²) >= 11 is 0. The van der Waals surface area contributed by atoms with Gasteiger partial charge in [-0.3, -0.25) is 9.59 Å². The van der Waals surface area contributed by atoms with Gasteiger partial charge in [-0.25, -0.2) is 0 Å². The van der Waals surface area contributed by atoms with Crippen LogP contribution < -0.4 is 11.1 Å². The van der Waals surface area contributed by atoms with E-state index in [1.807, 2.05) is 0 Å². The van der Waals surface area contributed by atoms with Crippen LogP contribution in [0.2, 0.25) is 0 Å². The second-order valence-electron chi connectivity index (χ2n) is 4.06. The molecule has 1 saturated heterocycles. The SMILES string of the molecule is CC(C[CH]C(=O)NC[C@H]1COCCO1)C(N)=O. The number of amides is 2. The number of hydrogen-bond acceptors (Lipinski definition) is 4. The van der Waals surface area contributed by atoms with Crippen molar-refractivity contribution in [3.05, 3.63) is 6.42 Å². The number of carbonyl (C=O) groups excluding carboxylic acids is 2. The molecule has 6 nitrogen and oxygen atoms in total. The van der Waals surface area contributed by atoms with E-state index in [1.165, 1.54) is 6.42 Å². The number of primary amides is 1. The van der Waals surface area contributed by atoms with Crippen LogP contribution >= 0.6 is 0 Å². The number of carbonyl (C=O) groups is 2. The first kappa shape index (κ1) is 13.9. The Kier molecular flexibility index (Phi) is 5.93. The highest BCUT2D eigenvalue weighted by molar-refractivity contribution is 5.85. The molecule has 0 spiro atoms. The van der Waals surface area contributed by atoms with E-state index in [1.54, 1.807) is 6.92 Å². The van der Waals surface area contributed by atoms with Crippen LogP contribution in [0.3, 0.4) is 0 Å². The molecule has 3 N–H and O–H groups in total. The lowest BCUT2D eigenvalue weighted by Gasteiger charge is -2.23. The molecule has 1 heterocycles. The van der Waals surface area contributed by atoms with E-state index in [4.69, 9.17) is 15.2 Å². The molecular weight excluding hydrogens is 224 g/mol.